The van der Waals surface area contributed by atoms with Crippen molar-refractivity contribution in [1.29, 1.82) is 0 Å². The van der Waals surface area contributed by atoms with Gasteiger partial charge in [-0.1, -0.05) is 42.1 Å². The minimum Gasteiger partial charge on any atom is -0.325 e. The molecule has 2 rings (SSSR count). The van der Waals surface area contributed by atoms with Crippen LogP contribution in [0.4, 0.5) is 18.9 Å². The summed E-state index contributed by atoms with van der Waals surface area (Å²) < 4.78 is 37.3. The average molecular weight is 339 g/mol. The number of hydrogen-bond acceptors (Lipinski definition) is 3. The number of anilines is 1. The summed E-state index contributed by atoms with van der Waals surface area (Å²) in [5.41, 5.74) is -0.0558. The van der Waals surface area contributed by atoms with Gasteiger partial charge in [0.2, 0.25) is 11.0 Å². The summed E-state index contributed by atoms with van der Waals surface area (Å²) in [5.74, 6) is -0.576. The van der Waals surface area contributed by atoms with Crippen LogP contribution in [0.5, 0.6) is 0 Å². The summed E-state index contributed by atoms with van der Waals surface area (Å²) in [7, 11) is 0. The molecule has 0 saturated carbocycles. The molecule has 0 aromatic heterocycles. The maximum atomic E-state index is 12.4. The summed E-state index contributed by atoms with van der Waals surface area (Å²) in [6.45, 7) is 0. The average Bonchev–Trinajstić information content (AvgIpc) is 2.53. The Morgan fingerprint density at radius 3 is 2.13 bits per heavy atom. The highest BCUT2D eigenvalue weighted by atomic mass is 32.2. The highest BCUT2D eigenvalue weighted by Gasteiger charge is 2.29. The van der Waals surface area contributed by atoms with Gasteiger partial charge in [0.25, 0.3) is 0 Å². The predicted molar refractivity (Wildman–Crippen MR) is 83.3 cm³/mol. The zero-order valence-electron chi connectivity index (χ0n) is 11.8. The molecule has 0 atom stereocenters. The molecular weight excluding hydrogens is 327 g/mol. The topological polar surface area (TPSA) is 46.2 Å². The number of alkyl halides is 3. The highest BCUT2D eigenvalue weighted by Crippen LogP contribution is 2.29. The lowest BCUT2D eigenvalue weighted by atomic mass is 10.2. The molecule has 0 bridgehead atoms. The molecule has 0 aliphatic carbocycles. The van der Waals surface area contributed by atoms with Crippen molar-refractivity contribution in [2.24, 2.45) is 0 Å². The first-order valence-electron chi connectivity index (χ1n) is 6.55. The van der Waals surface area contributed by atoms with Crippen LogP contribution in [0.15, 0.2) is 54.6 Å². The molecule has 7 heteroatoms. The molecule has 0 fully saturated rings. The molecule has 0 aliphatic rings. The first kappa shape index (κ1) is 17.1. The van der Waals surface area contributed by atoms with Crippen molar-refractivity contribution in [2.75, 3.05) is 11.1 Å². The summed E-state index contributed by atoms with van der Waals surface area (Å²) >= 11 is 0.833. The van der Waals surface area contributed by atoms with E-state index in [0.717, 1.165) is 23.9 Å². The number of rotatable bonds is 4. The van der Waals surface area contributed by atoms with Crippen molar-refractivity contribution < 1.29 is 22.8 Å². The predicted octanol–water partition coefficient (Wildman–Crippen LogP) is 4.22. The molecule has 120 valence electrons. The first-order valence-corrected chi connectivity index (χ1v) is 7.54. The van der Waals surface area contributed by atoms with Gasteiger partial charge >= 0.3 is 6.18 Å². The quantitative estimate of drug-likeness (QED) is 0.907. The normalized spacial score (nSPS) is 11.1. The Hall–Kier alpha value is -2.28. The Labute approximate surface area is 134 Å². The van der Waals surface area contributed by atoms with E-state index in [9.17, 15) is 22.8 Å². The molecule has 2 aromatic rings. The number of carbonyl (C=O) groups excluding carboxylic acids is 2. The van der Waals surface area contributed by atoms with Crippen LogP contribution in [0.3, 0.4) is 0 Å². The van der Waals surface area contributed by atoms with Crippen LogP contribution < -0.4 is 5.32 Å². The van der Waals surface area contributed by atoms with Crippen LogP contribution >= 0.6 is 11.8 Å². The summed E-state index contributed by atoms with van der Waals surface area (Å²) in [5, 5.41) is 2.21. The molecule has 0 saturated heterocycles. The molecule has 1 N–H and O–H groups in total. The van der Waals surface area contributed by atoms with Crippen LogP contribution in [-0.4, -0.2) is 16.8 Å². The van der Waals surface area contributed by atoms with Crippen molar-refractivity contribution in [3.05, 3.63) is 65.7 Å². The molecule has 0 aliphatic heterocycles. The molecule has 2 aromatic carbocycles. The van der Waals surface area contributed by atoms with Gasteiger partial charge in [0, 0.05) is 11.3 Å². The third kappa shape index (κ3) is 5.14. The van der Waals surface area contributed by atoms with Crippen LogP contribution in [0.25, 0.3) is 0 Å². The van der Waals surface area contributed by atoms with Gasteiger partial charge in [-0.05, 0) is 24.3 Å². The summed E-state index contributed by atoms with van der Waals surface area (Å²) in [4.78, 5) is 23.5. The second kappa shape index (κ2) is 7.32. The van der Waals surface area contributed by atoms with E-state index in [1.165, 1.54) is 12.1 Å². The fraction of sp³-hybridized carbons (Fsp3) is 0.125. The minimum absolute atomic E-state index is 0.116. The van der Waals surface area contributed by atoms with Gasteiger partial charge in [-0.25, -0.2) is 0 Å². The van der Waals surface area contributed by atoms with E-state index >= 15 is 0 Å². The Morgan fingerprint density at radius 1 is 0.957 bits per heavy atom. The van der Waals surface area contributed by atoms with E-state index in [4.69, 9.17) is 0 Å². The lowest BCUT2D eigenvalue weighted by molar-refractivity contribution is -0.137. The minimum atomic E-state index is -4.42. The third-order valence-corrected chi connectivity index (χ3v) is 3.74. The smallest absolute Gasteiger partial charge is 0.325 e. The lowest BCUT2D eigenvalue weighted by Crippen LogP contribution is -2.15. The van der Waals surface area contributed by atoms with Crippen molar-refractivity contribution in [3.63, 3.8) is 0 Å². The zero-order valence-corrected chi connectivity index (χ0v) is 12.6. The number of nitrogens with one attached hydrogen (secondary N) is 1. The number of benzene rings is 2. The lowest BCUT2D eigenvalue weighted by Gasteiger charge is -2.08. The van der Waals surface area contributed by atoms with Crippen molar-refractivity contribution in [1.82, 2.24) is 0 Å². The number of hydrogen-bond donors (Lipinski definition) is 1. The van der Waals surface area contributed by atoms with Gasteiger partial charge < -0.3 is 5.32 Å². The van der Waals surface area contributed by atoms with Crippen LogP contribution in [-0.2, 0) is 11.0 Å². The Morgan fingerprint density at radius 2 is 1.57 bits per heavy atom. The van der Waals surface area contributed by atoms with E-state index in [2.05, 4.69) is 5.32 Å². The van der Waals surface area contributed by atoms with Gasteiger partial charge in [0.15, 0.2) is 0 Å². The molecule has 1 amide bonds. The SMILES string of the molecule is O=C(CSC(=O)c1ccccc1)Nc1ccc(C(F)(F)F)cc1. The molecule has 0 spiro atoms. The second-order valence-electron chi connectivity index (χ2n) is 4.57. The van der Waals surface area contributed by atoms with E-state index in [1.54, 1.807) is 30.3 Å². The van der Waals surface area contributed by atoms with Gasteiger partial charge in [0.05, 0.1) is 11.3 Å². The van der Waals surface area contributed by atoms with Gasteiger partial charge in [-0.2, -0.15) is 13.2 Å². The van der Waals surface area contributed by atoms with E-state index in [0.29, 0.717) is 5.56 Å². The largest absolute Gasteiger partial charge is 0.416 e. The Balaban J connectivity index is 1.86. The van der Waals surface area contributed by atoms with Crippen molar-refractivity contribution in [3.8, 4) is 0 Å². The Kier molecular flexibility index (Phi) is 5.44. The number of halogens is 3. The van der Waals surface area contributed by atoms with Crippen LogP contribution in [0, 0.1) is 0 Å². The van der Waals surface area contributed by atoms with Gasteiger partial charge in [0.1, 0.15) is 0 Å². The summed E-state index contributed by atoms with van der Waals surface area (Å²) in [6, 6.07) is 12.6. The molecular formula is C16H12F3NO2S. The van der Waals surface area contributed by atoms with Crippen LogP contribution in [0.1, 0.15) is 15.9 Å². The monoisotopic (exact) mass is 339 g/mol. The zero-order chi connectivity index (χ0) is 16.9. The van der Waals surface area contributed by atoms with Crippen molar-refractivity contribution >= 4 is 28.5 Å². The fourth-order valence-corrected chi connectivity index (χ4v) is 2.37. The van der Waals surface area contributed by atoms with Crippen LogP contribution in [0.2, 0.25) is 0 Å². The van der Waals surface area contributed by atoms with Gasteiger partial charge in [-0.3, -0.25) is 9.59 Å². The van der Waals surface area contributed by atoms with E-state index < -0.39 is 17.6 Å². The first-order chi connectivity index (χ1) is 10.9. The maximum Gasteiger partial charge on any atom is 0.416 e. The number of carbonyl (C=O) groups is 2. The fourth-order valence-electron chi connectivity index (χ4n) is 1.73. The highest BCUT2D eigenvalue weighted by molar-refractivity contribution is 8.14. The molecule has 0 unspecified atom stereocenters. The third-order valence-electron chi connectivity index (χ3n) is 2.84. The molecule has 0 radical (unpaired) electrons. The molecule has 0 heterocycles. The summed E-state index contributed by atoms with van der Waals surface area (Å²) in [6.07, 6.45) is -4.42. The molecule has 3 nitrogen and oxygen atoms in total. The Bertz CT molecular complexity index is 685. The van der Waals surface area contributed by atoms with E-state index in [1.807, 2.05) is 0 Å². The maximum absolute atomic E-state index is 12.4. The molecule has 23 heavy (non-hydrogen) atoms. The second-order valence-corrected chi connectivity index (χ2v) is 5.51. The van der Waals surface area contributed by atoms with Crippen molar-refractivity contribution in [2.45, 2.75) is 6.18 Å². The number of thioether (sulfide) groups is 1. The van der Waals surface area contributed by atoms with Gasteiger partial charge in [-0.15, -0.1) is 0 Å². The van der Waals surface area contributed by atoms with E-state index in [-0.39, 0.29) is 16.6 Å². The standard InChI is InChI=1S/C16H12F3NO2S/c17-16(18,19)12-6-8-13(9-7-12)20-14(21)10-23-15(22)11-4-2-1-3-5-11/h1-9H,10H2,(H,20,21). The number of amides is 1.